The highest BCUT2D eigenvalue weighted by Crippen LogP contribution is 2.33. The van der Waals surface area contributed by atoms with E-state index in [1.54, 1.807) is 24.4 Å². The second-order valence-electron chi connectivity index (χ2n) is 9.14. The van der Waals surface area contributed by atoms with Crippen LogP contribution in [0.5, 0.6) is 11.5 Å². The number of benzene rings is 2. The van der Waals surface area contributed by atoms with Gasteiger partial charge in [0.25, 0.3) is 0 Å². The summed E-state index contributed by atoms with van der Waals surface area (Å²) in [4.78, 5) is 29.2. The highest BCUT2D eigenvalue weighted by atomic mass is 19.1. The fraction of sp³-hybridized carbons (Fsp3) is 0.393. The lowest BCUT2D eigenvalue weighted by Gasteiger charge is -2.27. The van der Waals surface area contributed by atoms with Crippen LogP contribution >= 0.6 is 0 Å². The Bertz CT molecular complexity index is 1210. The van der Waals surface area contributed by atoms with Gasteiger partial charge in [0.2, 0.25) is 5.91 Å². The number of unbranched alkanes of at least 4 members (excludes halogenated alkanes) is 2. The Balaban J connectivity index is 1.31. The molecule has 1 aliphatic rings. The van der Waals surface area contributed by atoms with Crippen LogP contribution in [0.1, 0.15) is 60.0 Å². The van der Waals surface area contributed by atoms with Gasteiger partial charge < -0.3 is 24.5 Å². The van der Waals surface area contributed by atoms with E-state index in [1.165, 1.54) is 24.3 Å². The van der Waals surface area contributed by atoms with Crippen LogP contribution in [0.4, 0.5) is 4.39 Å². The number of hydrogen-bond acceptors (Lipinski definition) is 6. The predicted molar refractivity (Wildman–Crippen MR) is 135 cm³/mol. The molecule has 1 aromatic heterocycles. The van der Waals surface area contributed by atoms with Gasteiger partial charge in [-0.2, -0.15) is 0 Å². The molecule has 0 aliphatic carbocycles. The molecular formula is C28H32FN3O5. The number of ether oxygens (including phenoxy) is 2. The zero-order valence-electron chi connectivity index (χ0n) is 20.9. The summed E-state index contributed by atoms with van der Waals surface area (Å²) >= 11 is 0. The summed E-state index contributed by atoms with van der Waals surface area (Å²) in [6, 6.07) is 10.2. The van der Waals surface area contributed by atoms with Gasteiger partial charge in [0.15, 0.2) is 17.3 Å². The number of carbonyl (C=O) groups excluding carboxylic acids is 2. The molecule has 0 saturated heterocycles. The third-order valence-corrected chi connectivity index (χ3v) is 6.43. The lowest BCUT2D eigenvalue weighted by atomic mass is 10.0. The van der Waals surface area contributed by atoms with Crippen molar-refractivity contribution in [1.29, 1.82) is 0 Å². The Labute approximate surface area is 215 Å². The van der Waals surface area contributed by atoms with Gasteiger partial charge in [-0.05, 0) is 61.7 Å². The first-order valence-electron chi connectivity index (χ1n) is 12.5. The summed E-state index contributed by atoms with van der Waals surface area (Å²) in [5.74, 6) is 1.39. The minimum atomic E-state index is -0.977. The maximum atomic E-state index is 13.0. The molecule has 37 heavy (non-hydrogen) atoms. The Kier molecular flexibility index (Phi) is 8.90. The smallest absolute Gasteiger partial charge is 0.220 e. The van der Waals surface area contributed by atoms with Crippen LogP contribution in [0.2, 0.25) is 0 Å². The molecule has 1 amide bonds. The summed E-state index contributed by atoms with van der Waals surface area (Å²) in [6.07, 6.45) is 5.09. The molecule has 9 heteroatoms. The van der Waals surface area contributed by atoms with E-state index in [1.807, 2.05) is 17.7 Å². The van der Waals surface area contributed by atoms with Crippen LogP contribution in [-0.4, -0.2) is 45.6 Å². The number of fused-ring (bicyclic) bond motifs is 1. The minimum absolute atomic E-state index is 0.0391. The number of halogens is 1. The molecule has 196 valence electrons. The number of Topliss-reactive ketones (excluding diaryl/α,β-unsaturated/α-hetero) is 1. The summed E-state index contributed by atoms with van der Waals surface area (Å²) in [7, 11) is 0. The van der Waals surface area contributed by atoms with Gasteiger partial charge in [0, 0.05) is 37.3 Å². The first-order valence-corrected chi connectivity index (χ1v) is 12.5. The number of aliphatic hydroxyl groups excluding tert-OH is 1. The highest BCUT2D eigenvalue weighted by Gasteiger charge is 2.25. The molecule has 4 rings (SSSR count). The molecule has 8 nitrogen and oxygen atoms in total. The van der Waals surface area contributed by atoms with Crippen molar-refractivity contribution in [3.05, 3.63) is 77.6 Å². The number of carbonyl (C=O) groups is 2. The topological polar surface area (TPSA) is 103 Å². The second-order valence-corrected chi connectivity index (χ2v) is 9.14. The number of amides is 1. The Hall–Kier alpha value is -3.72. The first-order chi connectivity index (χ1) is 17.9. The van der Waals surface area contributed by atoms with Crippen molar-refractivity contribution in [3.63, 3.8) is 0 Å². The van der Waals surface area contributed by atoms with Crippen molar-refractivity contribution in [3.8, 4) is 11.5 Å². The summed E-state index contributed by atoms with van der Waals surface area (Å²) in [5, 5.41) is 14.2. The van der Waals surface area contributed by atoms with Gasteiger partial charge in [-0.15, -0.1) is 0 Å². The summed E-state index contributed by atoms with van der Waals surface area (Å²) in [6.45, 7) is 3.13. The van der Waals surface area contributed by atoms with Crippen molar-refractivity contribution in [2.45, 2.75) is 57.7 Å². The molecule has 2 atom stereocenters. The number of hydrogen-bond donors (Lipinski definition) is 2. The Morgan fingerprint density at radius 2 is 1.78 bits per heavy atom. The van der Waals surface area contributed by atoms with Crippen molar-refractivity contribution >= 4 is 11.7 Å². The van der Waals surface area contributed by atoms with E-state index in [9.17, 15) is 19.1 Å². The SMILES string of the molecule is Cc1nccn1C[C@@H](NC(=O)CCCCCC(=O)c1ccc(F)cc1)[C@H](O)c1ccc2c(c1)OCCO2. The first kappa shape index (κ1) is 26.3. The summed E-state index contributed by atoms with van der Waals surface area (Å²) < 4.78 is 26.1. The molecule has 0 unspecified atom stereocenters. The second kappa shape index (κ2) is 12.5. The highest BCUT2D eigenvalue weighted by molar-refractivity contribution is 5.95. The van der Waals surface area contributed by atoms with E-state index in [-0.39, 0.29) is 23.9 Å². The van der Waals surface area contributed by atoms with E-state index in [0.717, 1.165) is 5.82 Å². The predicted octanol–water partition coefficient (Wildman–Crippen LogP) is 4.15. The normalized spacial score (nSPS) is 14.1. The monoisotopic (exact) mass is 509 g/mol. The maximum Gasteiger partial charge on any atom is 0.220 e. The minimum Gasteiger partial charge on any atom is -0.486 e. The number of imidazole rings is 1. The van der Waals surface area contributed by atoms with Gasteiger partial charge in [-0.3, -0.25) is 9.59 Å². The zero-order chi connectivity index (χ0) is 26.2. The third kappa shape index (κ3) is 7.16. The van der Waals surface area contributed by atoms with Crippen molar-refractivity contribution in [1.82, 2.24) is 14.9 Å². The molecule has 0 radical (unpaired) electrons. The molecular weight excluding hydrogens is 477 g/mol. The molecule has 2 heterocycles. The van der Waals surface area contributed by atoms with Crippen molar-refractivity contribution < 1.29 is 28.6 Å². The molecule has 0 spiro atoms. The van der Waals surface area contributed by atoms with Crippen LogP contribution < -0.4 is 14.8 Å². The molecule has 2 N–H and O–H groups in total. The molecule has 0 fully saturated rings. The van der Waals surface area contributed by atoms with E-state index >= 15 is 0 Å². The number of nitrogens with zero attached hydrogens (tertiary/aromatic N) is 2. The van der Waals surface area contributed by atoms with E-state index in [2.05, 4.69) is 10.3 Å². The molecule has 0 saturated carbocycles. The van der Waals surface area contributed by atoms with E-state index in [4.69, 9.17) is 9.47 Å². The van der Waals surface area contributed by atoms with Crippen LogP contribution in [0.25, 0.3) is 0 Å². The number of aliphatic hydroxyl groups is 1. The molecule has 0 bridgehead atoms. The summed E-state index contributed by atoms with van der Waals surface area (Å²) in [5.41, 5.74) is 1.11. The quantitative estimate of drug-likeness (QED) is 0.281. The lowest BCUT2D eigenvalue weighted by molar-refractivity contribution is -0.123. The average Bonchev–Trinajstić information content (AvgIpc) is 3.31. The lowest BCUT2D eigenvalue weighted by Crippen LogP contribution is -2.42. The van der Waals surface area contributed by atoms with Crippen molar-refractivity contribution in [2.75, 3.05) is 13.2 Å². The Morgan fingerprint density at radius 3 is 2.51 bits per heavy atom. The van der Waals surface area contributed by atoms with Gasteiger partial charge in [0.1, 0.15) is 31.0 Å². The van der Waals surface area contributed by atoms with Gasteiger partial charge in [0.05, 0.1) is 6.04 Å². The van der Waals surface area contributed by atoms with Crippen LogP contribution in [-0.2, 0) is 11.3 Å². The third-order valence-electron chi connectivity index (χ3n) is 6.43. The van der Waals surface area contributed by atoms with Gasteiger partial charge >= 0.3 is 0 Å². The number of aryl methyl sites for hydroxylation is 1. The average molecular weight is 510 g/mol. The zero-order valence-corrected chi connectivity index (χ0v) is 20.9. The fourth-order valence-corrected chi connectivity index (χ4v) is 4.32. The van der Waals surface area contributed by atoms with Crippen molar-refractivity contribution in [2.24, 2.45) is 0 Å². The Morgan fingerprint density at radius 1 is 1.05 bits per heavy atom. The van der Waals surface area contributed by atoms with Crippen LogP contribution in [0.15, 0.2) is 54.9 Å². The standard InChI is InChI=1S/C28H32FN3O5/c1-19-30-13-14-32(19)18-23(28(35)21-9-12-25-26(17-21)37-16-15-36-25)31-27(34)6-4-2-3-5-24(33)20-7-10-22(29)11-8-20/h7-14,17,23,28,35H,2-6,15-16,18H2,1H3,(H,31,34)/t23-,28-/m1/s1. The van der Waals surface area contributed by atoms with Gasteiger partial charge in [-0.25, -0.2) is 9.37 Å². The largest absolute Gasteiger partial charge is 0.486 e. The number of aromatic nitrogens is 2. The van der Waals surface area contributed by atoms with Crippen LogP contribution in [0, 0.1) is 12.7 Å². The number of rotatable bonds is 12. The molecule has 3 aromatic rings. The van der Waals surface area contributed by atoms with Gasteiger partial charge in [-0.1, -0.05) is 12.5 Å². The maximum absolute atomic E-state index is 13.0. The molecule has 2 aromatic carbocycles. The van der Waals surface area contributed by atoms with E-state index < -0.39 is 12.1 Å². The number of ketones is 1. The van der Waals surface area contributed by atoms with E-state index in [0.29, 0.717) is 68.1 Å². The number of nitrogens with one attached hydrogen (secondary N) is 1. The molecule has 1 aliphatic heterocycles. The fourth-order valence-electron chi connectivity index (χ4n) is 4.32. The van der Waals surface area contributed by atoms with Crippen LogP contribution in [0.3, 0.4) is 0 Å².